The molecule has 2 fully saturated rings. The van der Waals surface area contributed by atoms with Crippen molar-refractivity contribution in [3.8, 4) is 0 Å². The fraction of sp³-hybridized carbons (Fsp3) is 0.522. The summed E-state index contributed by atoms with van der Waals surface area (Å²) in [7, 11) is 0. The van der Waals surface area contributed by atoms with Crippen LogP contribution >= 0.6 is 0 Å². The minimum Gasteiger partial charge on any atom is -0.451 e. The summed E-state index contributed by atoms with van der Waals surface area (Å²) in [4.78, 5) is 38.7. The van der Waals surface area contributed by atoms with E-state index in [-0.39, 0.29) is 41.0 Å². The van der Waals surface area contributed by atoms with Gasteiger partial charge < -0.3 is 15.0 Å². The van der Waals surface area contributed by atoms with Gasteiger partial charge in [0.05, 0.1) is 0 Å². The second-order valence-electron chi connectivity index (χ2n) is 9.46. The predicted molar refractivity (Wildman–Crippen MR) is 110 cm³/mol. The Balaban J connectivity index is 1.65. The van der Waals surface area contributed by atoms with Crippen LogP contribution in [0.3, 0.4) is 0 Å². The van der Waals surface area contributed by atoms with Gasteiger partial charge in [0, 0.05) is 19.5 Å². The normalized spacial score (nSPS) is 25.4. The van der Waals surface area contributed by atoms with E-state index in [0.29, 0.717) is 6.54 Å². The van der Waals surface area contributed by atoms with E-state index < -0.39 is 5.97 Å². The summed E-state index contributed by atoms with van der Waals surface area (Å²) >= 11 is 0. The monoisotopic (exact) mass is 398 g/mol. The molecule has 1 saturated carbocycles. The Bertz CT molecular complexity index is 831. The molecule has 6 nitrogen and oxygen atoms in total. The van der Waals surface area contributed by atoms with E-state index in [1.54, 1.807) is 6.08 Å². The molecule has 2 bridgehead atoms. The lowest BCUT2D eigenvalue weighted by Gasteiger charge is -2.39. The van der Waals surface area contributed by atoms with Gasteiger partial charge in [-0.15, -0.1) is 0 Å². The van der Waals surface area contributed by atoms with E-state index in [1.807, 2.05) is 35.2 Å². The Morgan fingerprint density at radius 3 is 2.52 bits per heavy atom. The molecule has 2 amide bonds. The van der Waals surface area contributed by atoms with Crippen LogP contribution in [0.25, 0.3) is 6.08 Å². The van der Waals surface area contributed by atoms with Crippen molar-refractivity contribution in [1.82, 2.24) is 10.2 Å². The van der Waals surface area contributed by atoms with E-state index in [1.165, 1.54) is 6.92 Å². The highest BCUT2D eigenvalue weighted by atomic mass is 16.5. The van der Waals surface area contributed by atoms with Gasteiger partial charge in [-0.25, -0.2) is 4.79 Å². The van der Waals surface area contributed by atoms with Crippen molar-refractivity contribution in [1.29, 1.82) is 0 Å². The predicted octanol–water partition coefficient (Wildman–Crippen LogP) is 3.13. The van der Waals surface area contributed by atoms with Gasteiger partial charge in [0.15, 0.2) is 6.61 Å². The highest BCUT2D eigenvalue weighted by molar-refractivity contribution is 5.98. The molecule has 1 aromatic rings. The van der Waals surface area contributed by atoms with Crippen LogP contribution < -0.4 is 5.32 Å². The molecule has 0 unspecified atom stereocenters. The molecule has 0 radical (unpaired) electrons. The maximum Gasteiger partial charge on any atom is 0.355 e. The van der Waals surface area contributed by atoms with Gasteiger partial charge in [-0.1, -0.05) is 51.1 Å². The van der Waals surface area contributed by atoms with Crippen molar-refractivity contribution in [3.63, 3.8) is 0 Å². The fourth-order valence-electron chi connectivity index (χ4n) is 5.09. The number of esters is 1. The van der Waals surface area contributed by atoms with Crippen molar-refractivity contribution in [3.05, 3.63) is 41.6 Å². The Morgan fingerprint density at radius 1 is 1.17 bits per heavy atom. The lowest BCUT2D eigenvalue weighted by molar-refractivity contribution is -0.150. The minimum atomic E-state index is -0.717. The Labute approximate surface area is 172 Å². The molecule has 1 N–H and O–H groups in total. The Morgan fingerprint density at radius 2 is 1.86 bits per heavy atom. The number of carbonyl (C=O) groups excluding carboxylic acids is 3. The molecule has 6 heteroatoms. The molecule has 0 spiro atoms. The zero-order valence-electron chi connectivity index (χ0n) is 17.7. The van der Waals surface area contributed by atoms with Crippen LogP contribution in [0.15, 0.2) is 36.0 Å². The number of fused-ring (bicyclic) bond motifs is 2. The van der Waals surface area contributed by atoms with Gasteiger partial charge in [-0.2, -0.15) is 0 Å². The number of ether oxygens (including phenoxy) is 1. The molecule has 0 aromatic heterocycles. The van der Waals surface area contributed by atoms with Crippen molar-refractivity contribution >= 4 is 23.9 Å². The Hall–Kier alpha value is -2.63. The third kappa shape index (κ3) is 5.25. The number of carbonyl (C=O) groups is 3. The molecule has 2 atom stereocenters. The zero-order valence-corrected chi connectivity index (χ0v) is 17.7. The lowest BCUT2D eigenvalue weighted by Crippen LogP contribution is -2.40. The van der Waals surface area contributed by atoms with E-state index in [2.05, 4.69) is 26.1 Å². The van der Waals surface area contributed by atoms with E-state index in [0.717, 1.165) is 24.8 Å². The van der Waals surface area contributed by atoms with Crippen molar-refractivity contribution < 1.29 is 19.1 Å². The third-order valence-electron chi connectivity index (χ3n) is 5.70. The molecule has 29 heavy (non-hydrogen) atoms. The number of rotatable bonds is 5. The first-order valence-electron chi connectivity index (χ1n) is 10.1. The second-order valence-corrected chi connectivity index (χ2v) is 9.46. The van der Waals surface area contributed by atoms with Crippen LogP contribution in [-0.2, 0) is 19.1 Å². The summed E-state index contributed by atoms with van der Waals surface area (Å²) in [6.45, 7) is 8.44. The van der Waals surface area contributed by atoms with Gasteiger partial charge in [0.25, 0.3) is 5.91 Å². The van der Waals surface area contributed by atoms with Gasteiger partial charge in [0.2, 0.25) is 5.91 Å². The number of likely N-dealkylation sites (tertiary alicyclic amines) is 1. The van der Waals surface area contributed by atoms with Crippen molar-refractivity contribution in [2.45, 2.75) is 53.0 Å². The van der Waals surface area contributed by atoms with Crippen molar-refractivity contribution in [2.75, 3.05) is 13.2 Å². The van der Waals surface area contributed by atoms with Crippen LogP contribution in [0.2, 0.25) is 0 Å². The number of hydrogen-bond donors (Lipinski definition) is 1. The topological polar surface area (TPSA) is 75.7 Å². The average Bonchev–Trinajstić information content (AvgIpc) is 2.88. The van der Waals surface area contributed by atoms with Gasteiger partial charge in [0.1, 0.15) is 5.70 Å². The second kappa shape index (κ2) is 8.01. The van der Waals surface area contributed by atoms with E-state index >= 15 is 0 Å². The minimum absolute atomic E-state index is 0.0183. The molecule has 1 heterocycles. The molecule has 156 valence electrons. The standard InChI is InChI=1S/C23H30N2O4/c1-16(26)24-19(10-17-8-6-5-7-9-17)21(28)29-13-20(27)25-15-23(4)12-18(25)11-22(2,3)14-23/h5-10,18H,11-15H2,1-4H3,(H,24,26)/t18-,23-/m0/s1. The van der Waals surface area contributed by atoms with E-state index in [4.69, 9.17) is 4.74 Å². The van der Waals surface area contributed by atoms with Gasteiger partial charge in [-0.05, 0) is 41.7 Å². The van der Waals surface area contributed by atoms with Crippen LogP contribution in [0, 0.1) is 10.8 Å². The molecule has 2 aliphatic rings. The van der Waals surface area contributed by atoms with Gasteiger partial charge in [-0.3, -0.25) is 9.59 Å². The van der Waals surface area contributed by atoms with Gasteiger partial charge >= 0.3 is 5.97 Å². The van der Waals surface area contributed by atoms with Crippen LogP contribution in [0.1, 0.15) is 52.5 Å². The number of nitrogens with zero attached hydrogens (tertiary/aromatic N) is 1. The molecule has 1 aromatic carbocycles. The number of nitrogens with one attached hydrogen (secondary N) is 1. The zero-order chi connectivity index (χ0) is 21.2. The van der Waals surface area contributed by atoms with Crippen LogP contribution in [-0.4, -0.2) is 41.9 Å². The molecule has 1 saturated heterocycles. The third-order valence-corrected chi connectivity index (χ3v) is 5.70. The molecule has 1 aliphatic heterocycles. The fourth-order valence-corrected chi connectivity index (χ4v) is 5.09. The number of benzene rings is 1. The summed E-state index contributed by atoms with van der Waals surface area (Å²) < 4.78 is 5.27. The first kappa shape index (κ1) is 21.1. The highest BCUT2D eigenvalue weighted by Crippen LogP contribution is 2.52. The average molecular weight is 399 g/mol. The smallest absolute Gasteiger partial charge is 0.355 e. The highest BCUT2D eigenvalue weighted by Gasteiger charge is 2.50. The van der Waals surface area contributed by atoms with E-state index in [9.17, 15) is 14.4 Å². The SMILES string of the molecule is CC(=O)NC(=Cc1ccccc1)C(=O)OCC(=O)N1C[C@@]2(C)C[C@@H]1CC(C)(C)C2. The van der Waals surface area contributed by atoms with Crippen LogP contribution in [0.4, 0.5) is 0 Å². The first-order valence-corrected chi connectivity index (χ1v) is 10.1. The van der Waals surface area contributed by atoms with Crippen LogP contribution in [0.5, 0.6) is 0 Å². The van der Waals surface area contributed by atoms with Crippen molar-refractivity contribution in [2.24, 2.45) is 10.8 Å². The summed E-state index contributed by atoms with van der Waals surface area (Å²) in [6.07, 6.45) is 4.60. The Kier molecular flexibility index (Phi) is 5.82. The molecule has 3 rings (SSSR count). The lowest BCUT2D eigenvalue weighted by atomic mass is 9.65. The molecular formula is C23H30N2O4. The summed E-state index contributed by atoms with van der Waals surface area (Å²) in [5, 5.41) is 2.50. The maximum absolute atomic E-state index is 12.8. The number of amides is 2. The summed E-state index contributed by atoms with van der Waals surface area (Å²) in [6, 6.07) is 9.35. The number of hydrogen-bond acceptors (Lipinski definition) is 4. The molecular weight excluding hydrogens is 368 g/mol. The quantitative estimate of drug-likeness (QED) is 0.611. The summed E-state index contributed by atoms with van der Waals surface area (Å²) in [5.41, 5.74) is 1.11. The largest absolute Gasteiger partial charge is 0.451 e. The maximum atomic E-state index is 12.8. The molecule has 1 aliphatic carbocycles. The first-order chi connectivity index (χ1) is 13.6. The summed E-state index contributed by atoms with van der Waals surface area (Å²) in [5.74, 6) is -1.27.